The lowest BCUT2D eigenvalue weighted by Gasteiger charge is -2.26. The molecule has 10 N–H and O–H groups in total. The van der Waals surface area contributed by atoms with Crippen molar-refractivity contribution in [2.45, 2.75) is 26.4 Å². The van der Waals surface area contributed by atoms with Crippen LogP contribution in [0.2, 0.25) is 0 Å². The van der Waals surface area contributed by atoms with Gasteiger partial charge in [0.25, 0.3) is 0 Å². The fourth-order valence-corrected chi connectivity index (χ4v) is 4.67. The minimum atomic E-state index is -0.562. The van der Waals surface area contributed by atoms with Crippen molar-refractivity contribution in [1.82, 2.24) is 41.7 Å². The Morgan fingerprint density at radius 3 is 1.32 bits per heavy atom. The number of carbonyl (C=O) groups excluding carboxylic acids is 5. The molecule has 22 heteroatoms. The number of ether oxygens (including phenoxy) is 7. The molecule has 0 aliphatic rings. The van der Waals surface area contributed by atoms with Crippen LogP contribution < -0.4 is 43.4 Å². The normalized spacial score (nSPS) is 11.5. The first-order chi connectivity index (χ1) is 28.5. The van der Waals surface area contributed by atoms with E-state index in [0.29, 0.717) is 158 Å². The number of amides is 4. The van der Waals surface area contributed by atoms with Crippen molar-refractivity contribution < 1.29 is 57.1 Å². The molecule has 59 heavy (non-hydrogen) atoms. The van der Waals surface area contributed by atoms with Crippen LogP contribution in [0.3, 0.4) is 0 Å². The van der Waals surface area contributed by atoms with Crippen LogP contribution in [0.4, 0.5) is 4.79 Å². The van der Waals surface area contributed by atoms with Crippen molar-refractivity contribution in [1.29, 1.82) is 0 Å². The average molecular weight is 853 g/mol. The summed E-state index contributed by atoms with van der Waals surface area (Å²) >= 11 is 0. The molecule has 0 atom stereocenters. The Labute approximate surface area is 350 Å². The van der Waals surface area contributed by atoms with Gasteiger partial charge in [0.1, 0.15) is 11.9 Å². The highest BCUT2D eigenvalue weighted by Crippen LogP contribution is 2.06. The van der Waals surface area contributed by atoms with Crippen LogP contribution in [0.15, 0.2) is 0 Å². The molecule has 22 nitrogen and oxygen atoms in total. The standard InChI is InChI=1S/C37H76N10O12/c1-37(2,3)59-36(52)45-11-23-58-29-28-56-21-9-43-34(50)31-41-7-13-47(32-35(51)44-10-22-57-27-25-54-19-5-39)15-14-46(16-17-48)12-6-40-30-33(49)42-8-20-55-26-24-53-18-4-38/h17,40-41H,4-16,18-32,38-39H2,1-3H3,(H,42,49)(H,43,50)(H,44,51)(H,45,52). The van der Waals surface area contributed by atoms with Crippen LogP contribution >= 0.6 is 0 Å². The second-order valence-electron chi connectivity index (χ2n) is 13.8. The van der Waals surface area contributed by atoms with E-state index in [0.717, 1.165) is 6.29 Å². The number of aldehydes is 1. The molecule has 0 aliphatic carbocycles. The van der Waals surface area contributed by atoms with E-state index < -0.39 is 11.7 Å². The monoisotopic (exact) mass is 853 g/mol. The minimum absolute atomic E-state index is 0.0772. The summed E-state index contributed by atoms with van der Waals surface area (Å²) in [5.41, 5.74) is 10.2. The van der Waals surface area contributed by atoms with E-state index in [1.165, 1.54) is 0 Å². The minimum Gasteiger partial charge on any atom is -0.444 e. The SMILES string of the molecule is CC(C)(C)OC(=O)NCCOCCOCCNC(=O)CNCCN(CCN(CC=O)CCNCC(=O)NCCOCCOCCN)CC(=O)NCCOCCOCCN. The zero-order valence-electron chi connectivity index (χ0n) is 35.8. The molecule has 0 rings (SSSR count). The predicted octanol–water partition coefficient (Wildman–Crippen LogP) is -4.14. The van der Waals surface area contributed by atoms with Gasteiger partial charge in [-0.3, -0.25) is 24.2 Å². The van der Waals surface area contributed by atoms with E-state index in [2.05, 4.69) is 31.9 Å². The summed E-state index contributed by atoms with van der Waals surface area (Å²) in [7, 11) is 0. The summed E-state index contributed by atoms with van der Waals surface area (Å²) in [6, 6.07) is 0. The Balaban J connectivity index is 4.53. The molecular formula is C37H76N10O12. The van der Waals surface area contributed by atoms with E-state index in [1.807, 2.05) is 9.80 Å². The molecule has 0 spiro atoms. The van der Waals surface area contributed by atoms with Gasteiger partial charge in [-0.1, -0.05) is 0 Å². The van der Waals surface area contributed by atoms with Crippen molar-refractivity contribution in [2.24, 2.45) is 11.5 Å². The molecule has 0 radical (unpaired) electrons. The number of carbonyl (C=O) groups is 5. The van der Waals surface area contributed by atoms with E-state index in [4.69, 9.17) is 44.6 Å². The first-order valence-corrected chi connectivity index (χ1v) is 20.4. The van der Waals surface area contributed by atoms with E-state index in [-0.39, 0.29) is 43.9 Å². The molecule has 0 heterocycles. The molecule has 0 aliphatic heterocycles. The average Bonchev–Trinajstić information content (AvgIpc) is 3.18. The summed E-state index contributed by atoms with van der Waals surface area (Å²) in [6.45, 7) is 15.6. The number of nitrogens with two attached hydrogens (primary N) is 2. The van der Waals surface area contributed by atoms with Gasteiger partial charge >= 0.3 is 6.09 Å². The third-order valence-corrected chi connectivity index (χ3v) is 7.47. The van der Waals surface area contributed by atoms with Gasteiger partial charge < -0.3 is 81.3 Å². The fraction of sp³-hybridized carbons (Fsp3) is 0.865. The summed E-state index contributed by atoms with van der Waals surface area (Å²) in [6.07, 6.45) is 0.320. The van der Waals surface area contributed by atoms with Gasteiger partial charge in [0.15, 0.2) is 0 Å². The molecular weight excluding hydrogens is 776 g/mol. The maximum atomic E-state index is 12.8. The Hall–Kier alpha value is -3.13. The van der Waals surface area contributed by atoms with Crippen LogP contribution in [0.1, 0.15) is 20.8 Å². The van der Waals surface area contributed by atoms with Gasteiger partial charge in [-0.15, -0.1) is 0 Å². The summed E-state index contributed by atoms with van der Waals surface area (Å²) < 4.78 is 37.4. The van der Waals surface area contributed by atoms with Crippen LogP contribution in [0.5, 0.6) is 0 Å². The van der Waals surface area contributed by atoms with Gasteiger partial charge in [-0.25, -0.2) is 4.79 Å². The quantitative estimate of drug-likeness (QED) is 0.0214. The Kier molecular flexibility index (Phi) is 38.1. The van der Waals surface area contributed by atoms with E-state index in [9.17, 15) is 24.0 Å². The first kappa shape index (κ1) is 55.9. The predicted molar refractivity (Wildman–Crippen MR) is 221 cm³/mol. The number of hydrogen-bond acceptors (Lipinski definition) is 18. The second kappa shape index (κ2) is 40.3. The van der Waals surface area contributed by atoms with Gasteiger partial charge in [0, 0.05) is 78.5 Å². The van der Waals surface area contributed by atoms with Gasteiger partial charge in [-0.2, -0.15) is 0 Å². The third kappa shape index (κ3) is 41.4. The third-order valence-electron chi connectivity index (χ3n) is 7.47. The lowest BCUT2D eigenvalue weighted by molar-refractivity contribution is -0.123. The molecule has 0 aromatic heterocycles. The van der Waals surface area contributed by atoms with Crippen LogP contribution in [-0.2, 0) is 52.3 Å². The first-order valence-electron chi connectivity index (χ1n) is 20.4. The zero-order valence-corrected chi connectivity index (χ0v) is 35.8. The van der Waals surface area contributed by atoms with Gasteiger partial charge in [-0.05, 0) is 20.8 Å². The Morgan fingerprint density at radius 1 is 0.508 bits per heavy atom. The molecule has 0 bridgehead atoms. The smallest absolute Gasteiger partial charge is 0.407 e. The van der Waals surface area contributed by atoms with Gasteiger partial charge in [0.05, 0.1) is 105 Å². The maximum Gasteiger partial charge on any atom is 0.407 e. The summed E-state index contributed by atoms with van der Waals surface area (Å²) in [5.74, 6) is -0.558. The number of rotatable bonds is 42. The highest BCUT2D eigenvalue weighted by molar-refractivity contribution is 5.78. The fourth-order valence-electron chi connectivity index (χ4n) is 4.67. The molecule has 0 aromatic carbocycles. The van der Waals surface area contributed by atoms with Crippen molar-refractivity contribution in [3.8, 4) is 0 Å². The highest BCUT2D eigenvalue weighted by atomic mass is 16.6. The van der Waals surface area contributed by atoms with E-state index in [1.54, 1.807) is 20.8 Å². The number of alkyl carbamates (subject to hydrolysis) is 1. The summed E-state index contributed by atoms with van der Waals surface area (Å²) in [5, 5.41) is 17.2. The molecule has 4 amide bonds. The van der Waals surface area contributed by atoms with Crippen molar-refractivity contribution in [3.63, 3.8) is 0 Å². The van der Waals surface area contributed by atoms with Crippen molar-refractivity contribution in [3.05, 3.63) is 0 Å². The molecule has 0 fully saturated rings. The number of nitrogens with zero attached hydrogens (tertiary/aromatic N) is 2. The zero-order chi connectivity index (χ0) is 43.7. The van der Waals surface area contributed by atoms with Gasteiger partial charge in [0.2, 0.25) is 17.7 Å². The van der Waals surface area contributed by atoms with Crippen molar-refractivity contribution in [2.75, 3.05) is 184 Å². The number of hydrogen-bond donors (Lipinski definition) is 8. The topological polar surface area (TPSA) is 281 Å². The molecule has 0 unspecified atom stereocenters. The van der Waals surface area contributed by atoms with E-state index >= 15 is 0 Å². The second-order valence-corrected chi connectivity index (χ2v) is 13.8. The molecule has 0 aromatic rings. The molecule has 0 saturated carbocycles. The van der Waals surface area contributed by atoms with Crippen molar-refractivity contribution >= 4 is 30.1 Å². The molecule has 0 saturated heterocycles. The lowest BCUT2D eigenvalue weighted by atomic mass is 10.2. The van der Waals surface area contributed by atoms with Crippen LogP contribution in [-0.4, -0.2) is 230 Å². The lowest BCUT2D eigenvalue weighted by Crippen LogP contribution is -2.46. The summed E-state index contributed by atoms with van der Waals surface area (Å²) in [4.78, 5) is 64.2. The Morgan fingerprint density at radius 2 is 0.898 bits per heavy atom. The molecule has 346 valence electrons. The number of nitrogens with one attached hydrogen (secondary N) is 6. The highest BCUT2D eigenvalue weighted by Gasteiger charge is 2.16. The maximum absolute atomic E-state index is 12.8. The Bertz CT molecular complexity index is 1060. The van der Waals surface area contributed by atoms with Crippen LogP contribution in [0, 0.1) is 0 Å². The van der Waals surface area contributed by atoms with Crippen LogP contribution in [0.25, 0.3) is 0 Å². The largest absolute Gasteiger partial charge is 0.444 e.